The lowest BCUT2D eigenvalue weighted by Gasteiger charge is -2.32. The summed E-state index contributed by atoms with van der Waals surface area (Å²) in [6.45, 7) is 4.71. The van der Waals surface area contributed by atoms with Gasteiger partial charge in [0, 0.05) is 24.8 Å². The molecule has 0 radical (unpaired) electrons. The second-order valence-electron chi connectivity index (χ2n) is 6.49. The molecule has 2 aromatic rings. The van der Waals surface area contributed by atoms with Crippen molar-refractivity contribution in [3.8, 4) is 0 Å². The molecule has 1 atom stereocenters. The Morgan fingerprint density at radius 2 is 2.00 bits per heavy atom. The summed E-state index contributed by atoms with van der Waals surface area (Å²) in [5.41, 5.74) is 7.98. The molecule has 2 N–H and O–H groups in total. The highest BCUT2D eigenvalue weighted by atomic mass is 19.1. The van der Waals surface area contributed by atoms with Crippen LogP contribution in [0.15, 0.2) is 36.7 Å². The molecule has 5 heteroatoms. The number of benzene rings is 1. The Bertz CT molecular complexity index is 606. The summed E-state index contributed by atoms with van der Waals surface area (Å²) in [4.78, 5) is 2.50. The molecule has 23 heavy (non-hydrogen) atoms. The quantitative estimate of drug-likeness (QED) is 0.891. The summed E-state index contributed by atoms with van der Waals surface area (Å²) in [6, 6.07) is 6.59. The molecule has 1 aromatic carbocycles. The van der Waals surface area contributed by atoms with E-state index in [4.69, 9.17) is 5.73 Å². The van der Waals surface area contributed by atoms with Gasteiger partial charge in [-0.15, -0.1) is 0 Å². The number of nitrogens with two attached hydrogens (primary N) is 1. The molecule has 3 rings (SSSR count). The summed E-state index contributed by atoms with van der Waals surface area (Å²) >= 11 is 0. The third-order valence-corrected chi connectivity index (χ3v) is 4.53. The van der Waals surface area contributed by atoms with Gasteiger partial charge >= 0.3 is 0 Å². The van der Waals surface area contributed by atoms with E-state index in [2.05, 4.69) is 16.2 Å². The molecule has 4 nitrogen and oxygen atoms in total. The Hall–Kier alpha value is -1.72. The van der Waals surface area contributed by atoms with Crippen LogP contribution in [-0.4, -0.2) is 34.3 Å². The fraction of sp³-hybridized carbons (Fsp3) is 0.500. The van der Waals surface area contributed by atoms with Crippen LogP contribution in [0.25, 0.3) is 0 Å². The molecule has 0 saturated carbocycles. The molecule has 0 amide bonds. The third-order valence-electron chi connectivity index (χ3n) is 4.53. The van der Waals surface area contributed by atoms with E-state index in [1.54, 1.807) is 12.1 Å². The number of piperidine rings is 1. The van der Waals surface area contributed by atoms with Crippen molar-refractivity contribution >= 4 is 0 Å². The number of rotatable bonds is 6. The predicted octanol–water partition coefficient (Wildman–Crippen LogP) is 2.63. The van der Waals surface area contributed by atoms with Crippen LogP contribution in [0.2, 0.25) is 0 Å². The maximum atomic E-state index is 12.9. The minimum absolute atomic E-state index is 0.202. The highest BCUT2D eigenvalue weighted by Crippen LogP contribution is 2.20. The number of likely N-dealkylation sites (tertiary alicyclic amines) is 1. The van der Waals surface area contributed by atoms with Crippen molar-refractivity contribution in [1.29, 1.82) is 0 Å². The van der Waals surface area contributed by atoms with Crippen LogP contribution in [0, 0.1) is 11.7 Å². The van der Waals surface area contributed by atoms with Crippen molar-refractivity contribution in [2.75, 3.05) is 19.6 Å². The van der Waals surface area contributed by atoms with Crippen LogP contribution in [0.3, 0.4) is 0 Å². The fourth-order valence-corrected chi connectivity index (χ4v) is 3.38. The van der Waals surface area contributed by atoms with Gasteiger partial charge in [-0.3, -0.25) is 9.58 Å². The smallest absolute Gasteiger partial charge is 0.123 e. The normalized spacial score (nSPS) is 19.1. The maximum absolute atomic E-state index is 12.9. The molecule has 0 aliphatic carbocycles. The molecule has 0 bridgehead atoms. The van der Waals surface area contributed by atoms with Gasteiger partial charge in [0.15, 0.2) is 0 Å². The van der Waals surface area contributed by atoms with E-state index in [1.807, 2.05) is 10.9 Å². The summed E-state index contributed by atoms with van der Waals surface area (Å²) in [5.74, 6) is 0.537. The minimum atomic E-state index is -0.202. The first kappa shape index (κ1) is 16.1. The molecule has 1 aliphatic rings. The van der Waals surface area contributed by atoms with Gasteiger partial charge in [-0.25, -0.2) is 4.39 Å². The van der Waals surface area contributed by atoms with Crippen LogP contribution >= 0.6 is 0 Å². The first-order chi connectivity index (χ1) is 11.2. The number of hydrogen-bond donors (Lipinski definition) is 1. The predicted molar refractivity (Wildman–Crippen MR) is 89.4 cm³/mol. The second kappa shape index (κ2) is 7.70. The lowest BCUT2D eigenvalue weighted by Crippen LogP contribution is -2.35. The van der Waals surface area contributed by atoms with E-state index in [0.29, 0.717) is 6.54 Å². The Balaban J connectivity index is 1.55. The second-order valence-corrected chi connectivity index (χ2v) is 6.49. The molecule has 2 heterocycles. The van der Waals surface area contributed by atoms with Crippen molar-refractivity contribution in [3.63, 3.8) is 0 Å². The van der Waals surface area contributed by atoms with Gasteiger partial charge in [0.25, 0.3) is 0 Å². The molecule has 1 aromatic heterocycles. The average Bonchev–Trinajstić information content (AvgIpc) is 2.97. The van der Waals surface area contributed by atoms with Gasteiger partial charge in [-0.05, 0) is 56.0 Å². The fourth-order valence-electron chi connectivity index (χ4n) is 3.38. The Labute approximate surface area is 137 Å². The molecule has 1 fully saturated rings. The first-order valence-electron chi connectivity index (χ1n) is 8.41. The number of hydrogen-bond acceptors (Lipinski definition) is 3. The zero-order chi connectivity index (χ0) is 16.1. The van der Waals surface area contributed by atoms with Crippen molar-refractivity contribution < 1.29 is 4.39 Å². The lowest BCUT2D eigenvalue weighted by atomic mass is 9.95. The number of aromatic nitrogens is 2. The van der Waals surface area contributed by atoms with Gasteiger partial charge in [0.05, 0.1) is 12.7 Å². The van der Waals surface area contributed by atoms with Crippen molar-refractivity contribution in [2.45, 2.75) is 32.4 Å². The minimum Gasteiger partial charge on any atom is -0.330 e. The van der Waals surface area contributed by atoms with E-state index in [-0.39, 0.29) is 5.82 Å². The van der Waals surface area contributed by atoms with Gasteiger partial charge in [0.1, 0.15) is 5.82 Å². The van der Waals surface area contributed by atoms with Crippen LogP contribution < -0.4 is 5.73 Å². The van der Waals surface area contributed by atoms with Crippen LogP contribution in [0.1, 0.15) is 30.4 Å². The van der Waals surface area contributed by atoms with Crippen molar-refractivity contribution in [2.24, 2.45) is 11.7 Å². The van der Waals surface area contributed by atoms with Gasteiger partial charge < -0.3 is 5.73 Å². The number of nitrogens with zero attached hydrogens (tertiary/aromatic N) is 3. The molecule has 1 aliphatic heterocycles. The first-order valence-corrected chi connectivity index (χ1v) is 8.41. The highest BCUT2D eigenvalue weighted by molar-refractivity contribution is 5.16. The summed E-state index contributed by atoms with van der Waals surface area (Å²) in [6.07, 6.45) is 7.72. The largest absolute Gasteiger partial charge is 0.330 e. The Morgan fingerprint density at radius 1 is 1.17 bits per heavy atom. The van der Waals surface area contributed by atoms with E-state index in [1.165, 1.54) is 30.5 Å². The Morgan fingerprint density at radius 3 is 2.78 bits per heavy atom. The van der Waals surface area contributed by atoms with Gasteiger partial charge in [0.2, 0.25) is 0 Å². The average molecular weight is 316 g/mol. The van der Waals surface area contributed by atoms with Crippen molar-refractivity contribution in [1.82, 2.24) is 14.7 Å². The third kappa shape index (κ3) is 4.62. The van der Waals surface area contributed by atoms with Crippen LogP contribution in [0.5, 0.6) is 0 Å². The van der Waals surface area contributed by atoms with E-state index in [0.717, 1.165) is 44.1 Å². The topological polar surface area (TPSA) is 47.1 Å². The van der Waals surface area contributed by atoms with Crippen LogP contribution in [0.4, 0.5) is 4.39 Å². The zero-order valence-electron chi connectivity index (χ0n) is 13.5. The molecular formula is C18H25FN4. The standard InChI is InChI=1S/C18H25FN4/c19-18-5-3-16(4-6-18)13-23-14-17(10-21-23)12-22-9-1-2-15(11-22)7-8-20/h3-6,10,14-15H,1-2,7-9,11-13,20H2. The maximum Gasteiger partial charge on any atom is 0.123 e. The molecule has 1 saturated heterocycles. The molecule has 1 unspecified atom stereocenters. The van der Waals surface area contributed by atoms with E-state index in [9.17, 15) is 4.39 Å². The van der Waals surface area contributed by atoms with Gasteiger partial charge in [-0.2, -0.15) is 5.10 Å². The highest BCUT2D eigenvalue weighted by Gasteiger charge is 2.19. The van der Waals surface area contributed by atoms with E-state index >= 15 is 0 Å². The molecule has 0 spiro atoms. The van der Waals surface area contributed by atoms with Crippen LogP contribution in [-0.2, 0) is 13.1 Å². The van der Waals surface area contributed by atoms with Gasteiger partial charge in [-0.1, -0.05) is 12.1 Å². The lowest BCUT2D eigenvalue weighted by molar-refractivity contribution is 0.163. The monoisotopic (exact) mass is 316 g/mol. The molecule has 124 valence electrons. The summed E-state index contributed by atoms with van der Waals surface area (Å²) in [7, 11) is 0. The van der Waals surface area contributed by atoms with E-state index < -0.39 is 0 Å². The summed E-state index contributed by atoms with van der Waals surface area (Å²) in [5, 5.41) is 4.43. The number of halogens is 1. The SMILES string of the molecule is NCCC1CCCN(Cc2cnn(Cc3ccc(F)cc3)c2)C1. The van der Waals surface area contributed by atoms with Crippen molar-refractivity contribution in [3.05, 3.63) is 53.6 Å². The Kier molecular flexibility index (Phi) is 5.41. The summed E-state index contributed by atoms with van der Waals surface area (Å²) < 4.78 is 14.9. The molecular weight excluding hydrogens is 291 g/mol. The zero-order valence-corrected chi connectivity index (χ0v) is 13.5.